The van der Waals surface area contributed by atoms with Crippen molar-refractivity contribution in [1.82, 2.24) is 4.98 Å². The van der Waals surface area contributed by atoms with Crippen molar-refractivity contribution >= 4 is 0 Å². The molecule has 1 heterocycles. The van der Waals surface area contributed by atoms with Gasteiger partial charge in [0.15, 0.2) is 0 Å². The molecule has 0 aliphatic heterocycles. The second-order valence-electron chi connectivity index (χ2n) is 3.65. The summed E-state index contributed by atoms with van der Waals surface area (Å²) in [5, 5.41) is 8.81. The lowest BCUT2D eigenvalue weighted by Gasteiger charge is -2.04. The number of aromatic nitrogens is 1. The fourth-order valence-corrected chi connectivity index (χ4v) is 1.60. The Morgan fingerprint density at radius 1 is 1.06 bits per heavy atom. The second kappa shape index (κ2) is 5.01. The maximum atomic E-state index is 13.1. The lowest BCUT2D eigenvalue weighted by Crippen LogP contribution is -1.96. The van der Waals surface area contributed by atoms with Gasteiger partial charge in [-0.2, -0.15) is 0 Å². The monoisotopic (exact) mass is 235 g/mol. The third-order valence-corrected chi connectivity index (χ3v) is 2.33. The number of rotatable bonds is 3. The Labute approximate surface area is 97.6 Å². The Kier molecular flexibility index (Phi) is 3.44. The van der Waals surface area contributed by atoms with Crippen molar-refractivity contribution in [3.63, 3.8) is 0 Å². The summed E-state index contributed by atoms with van der Waals surface area (Å²) in [5.74, 6) is -1.26. The maximum absolute atomic E-state index is 13.1. The van der Waals surface area contributed by atoms with E-state index in [1.165, 1.54) is 12.1 Å². The largest absolute Gasteiger partial charge is 0.396 e. The molecule has 17 heavy (non-hydrogen) atoms. The van der Waals surface area contributed by atoms with Gasteiger partial charge in [-0.15, -0.1) is 0 Å². The number of aliphatic hydroxyl groups is 1. The molecule has 0 aliphatic rings. The maximum Gasteiger partial charge on any atom is 0.126 e. The zero-order chi connectivity index (χ0) is 12.3. The lowest BCUT2D eigenvalue weighted by atomic mass is 10.1. The molecule has 0 fully saturated rings. The zero-order valence-electron chi connectivity index (χ0n) is 9.03. The molecule has 0 amide bonds. The van der Waals surface area contributed by atoms with E-state index in [0.29, 0.717) is 23.4 Å². The molecule has 0 saturated heterocycles. The van der Waals surface area contributed by atoms with Crippen LogP contribution in [0.5, 0.6) is 0 Å². The van der Waals surface area contributed by atoms with Crippen molar-refractivity contribution < 1.29 is 13.9 Å². The minimum Gasteiger partial charge on any atom is -0.396 e. The highest BCUT2D eigenvalue weighted by Gasteiger charge is 2.05. The van der Waals surface area contributed by atoms with Crippen molar-refractivity contribution in [1.29, 1.82) is 0 Å². The van der Waals surface area contributed by atoms with Crippen LogP contribution in [0.2, 0.25) is 0 Å². The van der Waals surface area contributed by atoms with Crippen molar-refractivity contribution in [2.75, 3.05) is 6.61 Å². The predicted molar refractivity (Wildman–Crippen MR) is 60.4 cm³/mol. The highest BCUT2D eigenvalue weighted by Crippen LogP contribution is 2.20. The van der Waals surface area contributed by atoms with Gasteiger partial charge in [0, 0.05) is 30.4 Å². The molecule has 4 heteroatoms. The smallest absolute Gasteiger partial charge is 0.126 e. The van der Waals surface area contributed by atoms with E-state index in [-0.39, 0.29) is 6.61 Å². The van der Waals surface area contributed by atoms with Crippen LogP contribution >= 0.6 is 0 Å². The van der Waals surface area contributed by atoms with Gasteiger partial charge in [0.05, 0.1) is 5.69 Å². The summed E-state index contributed by atoms with van der Waals surface area (Å²) in [7, 11) is 0. The molecule has 88 valence electrons. The topological polar surface area (TPSA) is 33.1 Å². The van der Waals surface area contributed by atoms with Crippen LogP contribution in [-0.2, 0) is 6.42 Å². The second-order valence-corrected chi connectivity index (χ2v) is 3.65. The summed E-state index contributed by atoms with van der Waals surface area (Å²) >= 11 is 0. The molecular formula is C13H11F2NO. The first-order chi connectivity index (χ1) is 8.19. The number of hydrogen-bond acceptors (Lipinski definition) is 2. The summed E-state index contributed by atoms with van der Waals surface area (Å²) in [6.45, 7) is -0.00599. The van der Waals surface area contributed by atoms with E-state index in [4.69, 9.17) is 5.11 Å². The number of aliphatic hydroxyl groups excluding tert-OH is 1. The minimum absolute atomic E-state index is 0.00599. The molecular weight excluding hydrogens is 224 g/mol. The average Bonchev–Trinajstić information content (AvgIpc) is 2.28. The van der Waals surface area contributed by atoms with Crippen LogP contribution in [0.25, 0.3) is 11.3 Å². The molecule has 0 saturated carbocycles. The Morgan fingerprint density at radius 2 is 1.76 bits per heavy atom. The van der Waals surface area contributed by atoms with Crippen LogP contribution in [0, 0.1) is 11.6 Å². The van der Waals surface area contributed by atoms with Crippen molar-refractivity contribution in [3.8, 4) is 11.3 Å². The van der Waals surface area contributed by atoms with Crippen LogP contribution in [-0.4, -0.2) is 16.7 Å². The van der Waals surface area contributed by atoms with Crippen LogP contribution in [0.3, 0.4) is 0 Å². The van der Waals surface area contributed by atoms with Gasteiger partial charge in [0.25, 0.3) is 0 Å². The van der Waals surface area contributed by atoms with Crippen molar-refractivity contribution in [2.45, 2.75) is 6.42 Å². The lowest BCUT2D eigenvalue weighted by molar-refractivity contribution is 0.298. The zero-order valence-corrected chi connectivity index (χ0v) is 9.03. The van der Waals surface area contributed by atoms with Crippen molar-refractivity contribution in [2.24, 2.45) is 0 Å². The average molecular weight is 235 g/mol. The van der Waals surface area contributed by atoms with E-state index in [1.54, 1.807) is 18.2 Å². The Morgan fingerprint density at radius 3 is 2.41 bits per heavy atom. The summed E-state index contributed by atoms with van der Waals surface area (Å²) in [6, 6.07) is 8.46. The normalized spacial score (nSPS) is 10.5. The number of hydrogen-bond donors (Lipinski definition) is 1. The van der Waals surface area contributed by atoms with E-state index >= 15 is 0 Å². The third kappa shape index (κ3) is 2.85. The predicted octanol–water partition coefficient (Wildman–Crippen LogP) is 2.56. The number of benzene rings is 1. The van der Waals surface area contributed by atoms with Crippen LogP contribution in [0.1, 0.15) is 5.69 Å². The first-order valence-electron chi connectivity index (χ1n) is 5.22. The van der Waals surface area contributed by atoms with Gasteiger partial charge >= 0.3 is 0 Å². The van der Waals surface area contributed by atoms with Gasteiger partial charge in [-0.1, -0.05) is 6.07 Å². The molecule has 1 N–H and O–H groups in total. The standard InChI is InChI=1S/C13H11F2NO/c14-10-6-9(7-11(15)8-10)13-3-1-2-12(16-13)4-5-17/h1-3,6-8,17H,4-5H2. The highest BCUT2D eigenvalue weighted by atomic mass is 19.1. The van der Waals surface area contributed by atoms with Gasteiger partial charge < -0.3 is 5.11 Å². The highest BCUT2D eigenvalue weighted by molar-refractivity contribution is 5.59. The molecule has 0 atom stereocenters. The van der Waals surface area contributed by atoms with E-state index in [9.17, 15) is 8.78 Å². The van der Waals surface area contributed by atoms with Gasteiger partial charge in [0.2, 0.25) is 0 Å². The van der Waals surface area contributed by atoms with Crippen molar-refractivity contribution in [3.05, 3.63) is 53.7 Å². The van der Waals surface area contributed by atoms with Gasteiger partial charge in [-0.3, -0.25) is 4.98 Å². The Hall–Kier alpha value is -1.81. The van der Waals surface area contributed by atoms with E-state index in [1.807, 2.05) is 0 Å². The Balaban J connectivity index is 2.41. The van der Waals surface area contributed by atoms with Gasteiger partial charge in [-0.25, -0.2) is 8.78 Å². The molecule has 0 radical (unpaired) electrons. The van der Waals surface area contributed by atoms with Gasteiger partial charge in [0.1, 0.15) is 11.6 Å². The molecule has 2 rings (SSSR count). The summed E-state index contributed by atoms with van der Waals surface area (Å²) < 4.78 is 26.1. The van der Waals surface area contributed by atoms with Crippen LogP contribution < -0.4 is 0 Å². The van der Waals surface area contributed by atoms with Gasteiger partial charge in [-0.05, 0) is 24.3 Å². The molecule has 1 aromatic carbocycles. The summed E-state index contributed by atoms with van der Waals surface area (Å²) in [6.07, 6.45) is 0.422. The first-order valence-corrected chi connectivity index (χ1v) is 5.22. The fraction of sp³-hybridized carbons (Fsp3) is 0.154. The number of pyridine rings is 1. The van der Waals surface area contributed by atoms with Crippen LogP contribution in [0.15, 0.2) is 36.4 Å². The third-order valence-electron chi connectivity index (χ3n) is 2.33. The van der Waals surface area contributed by atoms with E-state index in [2.05, 4.69) is 4.98 Å². The van der Waals surface area contributed by atoms with Crippen LogP contribution in [0.4, 0.5) is 8.78 Å². The number of nitrogens with zero attached hydrogens (tertiary/aromatic N) is 1. The molecule has 0 bridgehead atoms. The molecule has 2 nitrogen and oxygen atoms in total. The summed E-state index contributed by atoms with van der Waals surface area (Å²) in [5.41, 5.74) is 1.58. The number of halogens is 2. The summed E-state index contributed by atoms with van der Waals surface area (Å²) in [4.78, 5) is 4.22. The molecule has 0 unspecified atom stereocenters. The van der Waals surface area contributed by atoms with E-state index in [0.717, 1.165) is 6.07 Å². The SMILES string of the molecule is OCCc1cccc(-c2cc(F)cc(F)c2)n1. The molecule has 0 spiro atoms. The molecule has 2 aromatic rings. The quantitative estimate of drug-likeness (QED) is 0.886. The first kappa shape index (κ1) is 11.7. The minimum atomic E-state index is -0.630. The van der Waals surface area contributed by atoms with E-state index < -0.39 is 11.6 Å². The molecule has 1 aromatic heterocycles. The fourth-order valence-electron chi connectivity index (χ4n) is 1.60. The Bertz CT molecular complexity index is 508. The molecule has 0 aliphatic carbocycles.